The Hall–Kier alpha value is -1.83. The van der Waals surface area contributed by atoms with Crippen molar-refractivity contribution in [2.75, 3.05) is 0 Å². The Kier molecular flexibility index (Phi) is 3.24. The van der Waals surface area contributed by atoms with Gasteiger partial charge in [-0.1, -0.05) is 19.0 Å². The smallest absolute Gasteiger partial charge is 0.274 e. The molecule has 5 nitrogen and oxygen atoms in total. The molecule has 0 aliphatic carbocycles. The molecule has 0 spiro atoms. The van der Waals surface area contributed by atoms with Crippen LogP contribution >= 0.6 is 0 Å². The van der Waals surface area contributed by atoms with Crippen LogP contribution in [0.25, 0.3) is 0 Å². The molecule has 1 N–H and O–H groups in total. The van der Waals surface area contributed by atoms with Gasteiger partial charge in [0.1, 0.15) is 12.3 Å². The maximum atomic E-state index is 11.4. The van der Waals surface area contributed by atoms with Crippen LogP contribution in [-0.2, 0) is 0 Å². The van der Waals surface area contributed by atoms with Crippen LogP contribution in [0.5, 0.6) is 0 Å². The first-order chi connectivity index (χ1) is 6.65. The maximum absolute atomic E-state index is 11.4. The summed E-state index contributed by atoms with van der Waals surface area (Å²) in [6.45, 7) is 3.72. The van der Waals surface area contributed by atoms with Crippen LogP contribution in [0.4, 0.5) is 0 Å². The van der Waals surface area contributed by atoms with Crippen molar-refractivity contribution in [1.29, 1.82) is 5.26 Å². The molecule has 74 valence electrons. The first kappa shape index (κ1) is 10.3. The Labute approximate surface area is 81.7 Å². The van der Waals surface area contributed by atoms with Crippen molar-refractivity contribution in [2.45, 2.75) is 19.9 Å². The minimum Gasteiger partial charge on any atom is -0.364 e. The van der Waals surface area contributed by atoms with Gasteiger partial charge in [-0.2, -0.15) is 5.26 Å². The Morgan fingerprint density at radius 1 is 1.71 bits per heavy atom. The van der Waals surface area contributed by atoms with Gasteiger partial charge >= 0.3 is 0 Å². The number of rotatable bonds is 3. The molecule has 5 heteroatoms. The number of hydrogen-bond donors (Lipinski definition) is 1. The van der Waals surface area contributed by atoms with Crippen molar-refractivity contribution in [2.24, 2.45) is 5.92 Å². The van der Waals surface area contributed by atoms with Gasteiger partial charge in [-0.15, -0.1) is 0 Å². The molecule has 0 bridgehead atoms. The molecule has 14 heavy (non-hydrogen) atoms. The Bertz CT molecular complexity index is 337. The minimum atomic E-state index is -0.501. The van der Waals surface area contributed by atoms with Crippen molar-refractivity contribution < 1.29 is 9.32 Å². The van der Waals surface area contributed by atoms with E-state index >= 15 is 0 Å². The molecule has 0 aromatic carbocycles. The Balaban J connectivity index is 2.61. The third kappa shape index (κ3) is 2.33. The number of carbonyl (C=O) groups excluding carboxylic acids is 1. The number of amides is 1. The maximum Gasteiger partial charge on any atom is 0.274 e. The van der Waals surface area contributed by atoms with Crippen LogP contribution in [0, 0.1) is 17.2 Å². The minimum absolute atomic E-state index is 0.0656. The highest BCUT2D eigenvalue weighted by molar-refractivity contribution is 5.92. The largest absolute Gasteiger partial charge is 0.364 e. The molecule has 0 aliphatic heterocycles. The van der Waals surface area contributed by atoms with E-state index in [2.05, 4.69) is 15.0 Å². The second-order valence-corrected chi connectivity index (χ2v) is 3.21. The molecule has 1 amide bonds. The van der Waals surface area contributed by atoms with Gasteiger partial charge in [0.15, 0.2) is 5.69 Å². The van der Waals surface area contributed by atoms with Gasteiger partial charge in [-0.3, -0.25) is 4.79 Å². The van der Waals surface area contributed by atoms with Gasteiger partial charge in [0.2, 0.25) is 0 Å². The zero-order valence-corrected chi connectivity index (χ0v) is 8.02. The van der Waals surface area contributed by atoms with Crippen LogP contribution in [0.2, 0.25) is 0 Å². The second-order valence-electron chi connectivity index (χ2n) is 3.21. The molecule has 1 aromatic rings. The standard InChI is InChI=1S/C9H11N3O2/c1-6(2)8(5-10)11-9(13)7-3-4-14-12-7/h3-4,6,8H,1-2H3,(H,11,13). The Morgan fingerprint density at radius 3 is 2.86 bits per heavy atom. The molecule has 0 aliphatic rings. The summed E-state index contributed by atoms with van der Waals surface area (Å²) in [6.07, 6.45) is 1.31. The highest BCUT2D eigenvalue weighted by Crippen LogP contribution is 2.02. The van der Waals surface area contributed by atoms with Crippen molar-refractivity contribution in [3.63, 3.8) is 0 Å². The van der Waals surface area contributed by atoms with Gasteiger partial charge in [-0.05, 0) is 5.92 Å². The first-order valence-corrected chi connectivity index (χ1v) is 4.26. The molecule has 1 unspecified atom stereocenters. The van der Waals surface area contributed by atoms with E-state index in [1.807, 2.05) is 19.9 Å². The number of nitrogens with one attached hydrogen (secondary N) is 1. The van der Waals surface area contributed by atoms with Crippen LogP contribution in [-0.4, -0.2) is 17.1 Å². The van der Waals surface area contributed by atoms with E-state index in [0.29, 0.717) is 0 Å². The highest BCUT2D eigenvalue weighted by atomic mass is 16.5. The third-order valence-corrected chi connectivity index (χ3v) is 1.76. The Morgan fingerprint density at radius 2 is 2.43 bits per heavy atom. The predicted octanol–water partition coefficient (Wildman–Crippen LogP) is 0.953. The van der Waals surface area contributed by atoms with Crippen LogP contribution < -0.4 is 5.32 Å². The molecule has 1 atom stereocenters. The number of nitrogens with zero attached hydrogens (tertiary/aromatic N) is 2. The first-order valence-electron chi connectivity index (χ1n) is 4.26. The van der Waals surface area contributed by atoms with E-state index in [-0.39, 0.29) is 17.5 Å². The lowest BCUT2D eigenvalue weighted by atomic mass is 10.1. The average Bonchev–Trinajstić information content (AvgIpc) is 2.65. The van der Waals surface area contributed by atoms with E-state index in [4.69, 9.17) is 5.26 Å². The molecule has 0 saturated heterocycles. The van der Waals surface area contributed by atoms with Crippen molar-refractivity contribution in [1.82, 2.24) is 10.5 Å². The molecule has 0 radical (unpaired) electrons. The number of hydrogen-bond acceptors (Lipinski definition) is 4. The summed E-state index contributed by atoms with van der Waals surface area (Å²) >= 11 is 0. The normalized spacial score (nSPS) is 12.1. The van der Waals surface area contributed by atoms with E-state index in [1.165, 1.54) is 12.3 Å². The number of aromatic nitrogens is 1. The number of carbonyl (C=O) groups is 1. The molecule has 0 saturated carbocycles. The fourth-order valence-corrected chi connectivity index (χ4v) is 0.893. The van der Waals surface area contributed by atoms with Gasteiger partial charge in [0, 0.05) is 6.07 Å². The monoisotopic (exact) mass is 193 g/mol. The third-order valence-electron chi connectivity index (χ3n) is 1.76. The topological polar surface area (TPSA) is 78.9 Å². The zero-order chi connectivity index (χ0) is 10.6. The fraction of sp³-hybridized carbons (Fsp3) is 0.444. The van der Waals surface area contributed by atoms with E-state index in [0.717, 1.165) is 0 Å². The zero-order valence-electron chi connectivity index (χ0n) is 8.02. The molecule has 0 fully saturated rings. The lowest BCUT2D eigenvalue weighted by Gasteiger charge is -2.13. The summed E-state index contributed by atoms with van der Waals surface area (Å²) in [5, 5.41) is 14.7. The molecular weight excluding hydrogens is 182 g/mol. The molecular formula is C9H11N3O2. The van der Waals surface area contributed by atoms with E-state index < -0.39 is 6.04 Å². The average molecular weight is 193 g/mol. The van der Waals surface area contributed by atoms with Gasteiger partial charge in [-0.25, -0.2) is 0 Å². The quantitative estimate of drug-likeness (QED) is 0.775. The second kappa shape index (κ2) is 4.42. The predicted molar refractivity (Wildman–Crippen MR) is 48.2 cm³/mol. The van der Waals surface area contributed by atoms with Crippen LogP contribution in [0.3, 0.4) is 0 Å². The van der Waals surface area contributed by atoms with Crippen molar-refractivity contribution in [3.8, 4) is 6.07 Å². The number of nitriles is 1. The van der Waals surface area contributed by atoms with E-state index in [9.17, 15) is 4.79 Å². The lowest BCUT2D eigenvalue weighted by Crippen LogP contribution is -2.37. The van der Waals surface area contributed by atoms with Crippen molar-refractivity contribution >= 4 is 5.91 Å². The fourth-order valence-electron chi connectivity index (χ4n) is 0.893. The van der Waals surface area contributed by atoms with Crippen LogP contribution in [0.1, 0.15) is 24.3 Å². The van der Waals surface area contributed by atoms with Gasteiger partial charge in [0.25, 0.3) is 5.91 Å². The summed E-state index contributed by atoms with van der Waals surface area (Å²) < 4.78 is 4.52. The van der Waals surface area contributed by atoms with Gasteiger partial charge < -0.3 is 9.84 Å². The summed E-state index contributed by atoms with van der Waals surface area (Å²) in [5.41, 5.74) is 0.186. The summed E-state index contributed by atoms with van der Waals surface area (Å²) in [7, 11) is 0. The van der Waals surface area contributed by atoms with Gasteiger partial charge in [0.05, 0.1) is 6.07 Å². The lowest BCUT2D eigenvalue weighted by molar-refractivity contribution is 0.0928. The SMILES string of the molecule is CC(C)C(C#N)NC(=O)c1ccon1. The highest BCUT2D eigenvalue weighted by Gasteiger charge is 2.17. The summed E-state index contributed by atoms with van der Waals surface area (Å²) in [6, 6.07) is 2.95. The van der Waals surface area contributed by atoms with E-state index in [1.54, 1.807) is 0 Å². The summed E-state index contributed by atoms with van der Waals surface area (Å²) in [4.78, 5) is 11.4. The molecule has 1 heterocycles. The summed E-state index contributed by atoms with van der Waals surface area (Å²) in [5.74, 6) is -0.324. The van der Waals surface area contributed by atoms with Crippen LogP contribution in [0.15, 0.2) is 16.9 Å². The van der Waals surface area contributed by atoms with Crippen molar-refractivity contribution in [3.05, 3.63) is 18.0 Å². The molecule has 1 rings (SSSR count). The molecule has 1 aromatic heterocycles.